The van der Waals surface area contributed by atoms with E-state index >= 15 is 33.6 Å². The first-order valence-electron chi connectivity index (χ1n) is 44.3. The number of benzene rings is 2. The fraction of sp³-hybridized carbons (Fsp3) is 0.573. The van der Waals surface area contributed by atoms with Crippen molar-refractivity contribution in [3.8, 4) is 5.75 Å². The van der Waals surface area contributed by atoms with Crippen LogP contribution in [0.2, 0.25) is 0 Å². The van der Waals surface area contributed by atoms with Crippen molar-refractivity contribution in [3.63, 3.8) is 0 Å². The van der Waals surface area contributed by atoms with Gasteiger partial charge in [0.15, 0.2) is 5.78 Å². The number of aliphatic carboxylic acids is 1. The predicted molar refractivity (Wildman–Crippen MR) is 481 cm³/mol. The molecule has 8 rings (SSSR count). The second-order valence-electron chi connectivity index (χ2n) is 34.7. The van der Waals surface area contributed by atoms with Gasteiger partial charge in [-0.1, -0.05) is 97.6 Å². The van der Waals surface area contributed by atoms with E-state index in [2.05, 4.69) is 52.5 Å². The monoisotopic (exact) mass is 1830 g/mol. The molecule has 3 aliphatic heterocycles. The number of aromatic hydroxyl groups is 1. The summed E-state index contributed by atoms with van der Waals surface area (Å²) in [6.07, 6.45) is 2.32. The number of hydrogen-bond donors (Lipinski definition) is 16. The summed E-state index contributed by atoms with van der Waals surface area (Å²) in [6.45, 7) is 10.1. The Morgan fingerprint density at radius 3 is 1.82 bits per heavy atom. The highest BCUT2D eigenvalue weighted by molar-refractivity contribution is 8.00. The number of phenolic OH excluding ortho intramolecular Hbond substituents is 1. The Kier molecular flexibility index (Phi) is 38.5. The van der Waals surface area contributed by atoms with E-state index in [1.807, 2.05) is 13.8 Å². The molecule has 0 spiro atoms. The molecule has 15 atom stereocenters. The number of rotatable bonds is 24. The van der Waals surface area contributed by atoms with Gasteiger partial charge in [-0.25, -0.2) is 4.98 Å². The summed E-state index contributed by atoms with van der Waals surface area (Å²) in [6, 6.07) is -3.28. The quantitative estimate of drug-likeness (QED) is 0.0357. The summed E-state index contributed by atoms with van der Waals surface area (Å²) in [5.41, 5.74) is 26.2. The average molecular weight is 1830 g/mol. The van der Waals surface area contributed by atoms with Crippen LogP contribution in [-0.4, -0.2) is 298 Å². The van der Waals surface area contributed by atoms with Gasteiger partial charge in [-0.2, -0.15) is 0 Å². The summed E-state index contributed by atoms with van der Waals surface area (Å²) < 4.78 is 1.35. The normalized spacial score (nSPS) is 25.5. The van der Waals surface area contributed by atoms with Crippen LogP contribution in [0.1, 0.15) is 155 Å². The number of aliphatic hydroxyl groups is 1. The number of thioether (sulfide) groups is 1. The number of Topliss-reactive ketones (excluding diaryl/α,β-unsaturated/α-hetero) is 1. The molecule has 3 aromatic heterocycles. The minimum atomic E-state index is -1.75. The molecule has 5 aromatic rings. The van der Waals surface area contributed by atoms with Crippen LogP contribution in [-0.2, 0) is 107 Å². The van der Waals surface area contributed by atoms with Crippen molar-refractivity contribution in [1.82, 2.24) is 81.6 Å². The molecule has 6 heterocycles. The van der Waals surface area contributed by atoms with E-state index in [1.54, 1.807) is 70.3 Å². The van der Waals surface area contributed by atoms with Gasteiger partial charge in [0, 0.05) is 113 Å². The van der Waals surface area contributed by atoms with Crippen molar-refractivity contribution in [2.45, 2.75) is 249 Å². The number of carboxylic acids is 1. The number of fused-ring (bicyclic) bond motifs is 4. The molecule has 710 valence electrons. The Bertz CT molecular complexity index is 4890. The van der Waals surface area contributed by atoms with Crippen LogP contribution in [0.25, 0.3) is 21.9 Å². The number of carbonyl (C=O) groups is 17. The van der Waals surface area contributed by atoms with Crippen LogP contribution in [0.5, 0.6) is 5.75 Å². The lowest BCUT2D eigenvalue weighted by atomic mass is 9.90. The Balaban J connectivity index is 1.19. The number of para-hydroxylation sites is 1. The second kappa shape index (κ2) is 48.5. The molecule has 0 unspecified atom stereocenters. The maximum absolute atomic E-state index is 15.9. The van der Waals surface area contributed by atoms with Crippen LogP contribution < -0.4 is 65.5 Å². The van der Waals surface area contributed by atoms with Crippen LogP contribution in [0.15, 0.2) is 79.3 Å². The number of H-pyrrole nitrogens is 1. The minimum Gasteiger partial charge on any atom is -0.508 e. The Morgan fingerprint density at radius 1 is 0.585 bits per heavy atom. The fourth-order valence-corrected chi connectivity index (χ4v) is 17.5. The van der Waals surface area contributed by atoms with Gasteiger partial charge in [-0.3, -0.25) is 81.5 Å². The van der Waals surface area contributed by atoms with Gasteiger partial charge in [-0.15, -0.1) is 11.8 Å². The Labute approximate surface area is 758 Å². The topological polar surface area (TPSA) is 601 Å². The number of aliphatic hydroxyl groups excluding tert-OH is 1. The predicted octanol–water partition coefficient (Wildman–Crippen LogP) is -0.869. The number of pyridine rings is 1. The summed E-state index contributed by atoms with van der Waals surface area (Å²) in [5.74, 6) is -18.3. The van der Waals surface area contributed by atoms with Crippen molar-refractivity contribution in [2.75, 3.05) is 58.8 Å². The van der Waals surface area contributed by atoms with E-state index < -0.39 is 229 Å². The van der Waals surface area contributed by atoms with Crippen molar-refractivity contribution in [2.24, 2.45) is 40.7 Å². The van der Waals surface area contributed by atoms with Crippen LogP contribution in [0.3, 0.4) is 0 Å². The third-order valence-electron chi connectivity index (χ3n) is 23.8. The van der Waals surface area contributed by atoms with Crippen molar-refractivity contribution in [1.29, 1.82) is 0 Å². The summed E-state index contributed by atoms with van der Waals surface area (Å²) in [7, 11) is 3.96. The highest BCUT2D eigenvalue weighted by atomic mass is 32.2. The number of aromatic nitrogens is 3. The van der Waals surface area contributed by atoms with E-state index in [0.29, 0.717) is 58.7 Å². The SMILES string of the molecule is CCCC[C@H]1C(=O)N(C)[C@@H](CCCC)C(=O)N[C@@H](CC(C)C)C(=O)N[C@H](C(N)=O)CSCC(=O)N[C@@H](Cc2ccc(O)cc2)C(=O)N(C)[C@@H](C)C(=O)N[C@@H](CC(N)=O)C(=O)N2CCC[C@H]2C(=O)N[C@@H](CN)C(=O)N[C@@H](CC(C)C)C(=O)N2C[C@H](O)C[C@H]2C(=O)C[C@@H](Cc2c[nH]c3ccccc23)C(=O)N[C@@H](CCN)C(=O)N[C@@H](Cc2cn(CC(=O)O)c3ncccc23)C(=O)N1C. The molecule has 41 heteroatoms. The molecule has 2 aromatic carbocycles. The largest absolute Gasteiger partial charge is 0.508 e. The number of phenols is 1. The van der Waals surface area contributed by atoms with Crippen molar-refractivity contribution < 1.29 is 96.8 Å². The first-order chi connectivity index (χ1) is 61.7. The number of primary amides is 2. The highest BCUT2D eigenvalue weighted by Crippen LogP contribution is 2.30. The summed E-state index contributed by atoms with van der Waals surface area (Å²) in [5, 5.41) is 54.2. The van der Waals surface area contributed by atoms with Gasteiger partial charge in [0.25, 0.3) is 0 Å². The number of carbonyl (C=O) groups excluding carboxylic acids is 16. The Hall–Kier alpha value is -12.1. The van der Waals surface area contributed by atoms with Gasteiger partial charge in [0.2, 0.25) is 88.6 Å². The number of amides is 15. The third-order valence-corrected chi connectivity index (χ3v) is 24.8. The lowest BCUT2D eigenvalue weighted by molar-refractivity contribution is -0.149. The fourth-order valence-electron chi connectivity index (χ4n) is 16.7. The zero-order valence-electron chi connectivity index (χ0n) is 75.4. The molecule has 0 radical (unpaired) electrons. The number of nitrogens with two attached hydrogens (primary N) is 4. The van der Waals surface area contributed by atoms with Gasteiger partial charge < -0.3 is 115 Å². The van der Waals surface area contributed by atoms with Gasteiger partial charge in [-0.05, 0) is 124 Å². The molecular formula is C89H128N20O20S. The molecule has 3 saturated heterocycles. The maximum Gasteiger partial charge on any atom is 0.323 e. The van der Waals surface area contributed by atoms with Gasteiger partial charge >= 0.3 is 5.97 Å². The van der Waals surface area contributed by atoms with E-state index in [0.717, 1.165) is 31.4 Å². The molecule has 15 amide bonds. The number of likely N-dealkylation sites (N-methyl/N-ethyl adjacent to an activating group) is 3. The second-order valence-corrected chi connectivity index (χ2v) is 35.7. The minimum absolute atomic E-state index is 0.0000315. The van der Waals surface area contributed by atoms with Crippen molar-refractivity contribution in [3.05, 3.63) is 95.9 Å². The first-order valence-corrected chi connectivity index (χ1v) is 45.4. The zero-order chi connectivity index (χ0) is 95.7. The number of nitrogens with zero attached hydrogens (tertiary/aromatic N) is 7. The summed E-state index contributed by atoms with van der Waals surface area (Å²) in [4.78, 5) is 261. The van der Waals surface area contributed by atoms with Crippen molar-refractivity contribution >= 4 is 134 Å². The lowest BCUT2D eigenvalue weighted by Gasteiger charge is -2.36. The van der Waals surface area contributed by atoms with Crippen LogP contribution in [0.4, 0.5) is 0 Å². The average Bonchev–Trinajstić information content (AvgIpc) is 1.40. The molecule has 0 saturated carbocycles. The number of hydrogen-bond acceptors (Lipinski definition) is 23. The molecule has 3 fully saturated rings. The third kappa shape index (κ3) is 28.0. The standard InChI is InChI=1S/C89H128N20O20S/c1-11-13-22-68-83(123)98-61(33-48(3)4)81(121)103-67(76(93)117)46-130-47-74(114)96-63(35-51-25-27-55(110)28-26-51)85(125)104(8)50(7)78(118)99-65(40-73(92)113)87(127)108-32-18-24-69(108)84(124)102-66(41-91)82(122)100-62(34-49(5)6)88(128)109-44-56(111)39-71(109)72(112)38-52(36-53-42-95-59-21-16-15-19-57(53)59)79(119)97-60(29-30-90)80(120)101-64(86(126)106(10)70(23-14-12-2)89(129)105(68)9)37-54-43-107(45-75(115)116)77-58(54)20-17-31-94-77/h15-17,19-21,25-28,31,42-43,48-50,52,56,60-71,95,110-111H,11-14,18,22-24,29-30,32-41,44-47,90-91H2,1-10H3,(H2,92,113)(H2,93,117)(H,96,114)(H,97,119)(H,98,123)(H,99,118)(H,100,122)(H,101,120)(H,102,124)(H,103,121)(H,115,116)/t50-,52+,56+,60-,61-,62-,63-,64-,65-,66-,67-,68-,69-,70-,71-/m0/s1. The molecule has 0 aliphatic carbocycles. The van der Waals surface area contributed by atoms with Gasteiger partial charge in [0.1, 0.15) is 90.4 Å². The van der Waals surface area contributed by atoms with E-state index in [4.69, 9.17) is 22.9 Å². The number of carboxylic acid groups (broad SMARTS) is 1. The number of aromatic amines is 1. The summed E-state index contributed by atoms with van der Waals surface area (Å²) >= 11 is 0.826. The molecule has 130 heavy (non-hydrogen) atoms. The van der Waals surface area contributed by atoms with Crippen LogP contribution in [0, 0.1) is 17.8 Å². The molecule has 40 nitrogen and oxygen atoms in total. The number of ketones is 1. The molecule has 0 bridgehead atoms. The number of unbranched alkanes of at least 4 members (excludes halogenated alkanes) is 2. The van der Waals surface area contributed by atoms with E-state index in [9.17, 15) is 63.3 Å². The smallest absolute Gasteiger partial charge is 0.323 e. The highest BCUT2D eigenvalue weighted by Gasteiger charge is 2.47. The lowest BCUT2D eigenvalue weighted by Crippen LogP contribution is -2.61. The van der Waals surface area contributed by atoms with E-state index in [-0.39, 0.29) is 113 Å². The van der Waals surface area contributed by atoms with E-state index in [1.165, 1.54) is 74.2 Å². The molecule has 3 aliphatic rings. The maximum atomic E-state index is 15.9. The first kappa shape index (κ1) is 103. The molecule has 20 N–H and O–H groups in total. The van der Waals surface area contributed by atoms with Crippen LogP contribution >= 0.6 is 11.8 Å². The Morgan fingerprint density at radius 2 is 1.17 bits per heavy atom. The zero-order valence-corrected chi connectivity index (χ0v) is 76.2. The molecular weight excluding hydrogens is 1700 g/mol. The van der Waals surface area contributed by atoms with Gasteiger partial charge in [0.05, 0.1) is 24.3 Å². The number of nitrogens with one attached hydrogen (secondary N) is 9.